The van der Waals surface area contributed by atoms with Crippen molar-refractivity contribution < 1.29 is 19.4 Å². The van der Waals surface area contributed by atoms with Crippen molar-refractivity contribution in [2.75, 3.05) is 19.8 Å². The van der Waals surface area contributed by atoms with E-state index in [-0.39, 0.29) is 18.6 Å². The van der Waals surface area contributed by atoms with Gasteiger partial charge >= 0.3 is 5.97 Å². The van der Waals surface area contributed by atoms with E-state index in [2.05, 4.69) is 24.4 Å². The molecule has 2 N–H and O–H groups in total. The third-order valence-corrected chi connectivity index (χ3v) is 5.34. The molecule has 0 fully saturated rings. The number of hydrogen-bond acceptors (Lipinski definition) is 5. The molecule has 0 aliphatic heterocycles. The predicted molar refractivity (Wildman–Crippen MR) is 118 cm³/mol. The van der Waals surface area contributed by atoms with Crippen molar-refractivity contribution in [3.63, 3.8) is 0 Å². The Morgan fingerprint density at radius 3 is 2.63 bits per heavy atom. The van der Waals surface area contributed by atoms with Crippen LogP contribution in [0, 0.1) is 6.92 Å². The number of ether oxygens (including phenoxy) is 2. The van der Waals surface area contributed by atoms with E-state index >= 15 is 0 Å². The van der Waals surface area contributed by atoms with Gasteiger partial charge in [-0.2, -0.15) is 0 Å². The van der Waals surface area contributed by atoms with Gasteiger partial charge in [0.25, 0.3) is 0 Å². The number of nitrogens with one attached hydrogen (secondary N) is 1. The van der Waals surface area contributed by atoms with Gasteiger partial charge in [-0.05, 0) is 44.5 Å². The zero-order valence-electron chi connectivity index (χ0n) is 18.0. The zero-order valence-corrected chi connectivity index (χ0v) is 18.0. The van der Waals surface area contributed by atoms with Gasteiger partial charge in [0, 0.05) is 36.2 Å². The molecular weight excluding hydrogens is 380 g/mol. The largest absolute Gasteiger partial charge is 0.491 e. The highest BCUT2D eigenvalue weighted by Gasteiger charge is 2.20. The minimum atomic E-state index is -0.658. The quantitative estimate of drug-likeness (QED) is 0.526. The number of rotatable bonds is 9. The Morgan fingerprint density at radius 1 is 1.20 bits per heavy atom. The summed E-state index contributed by atoms with van der Waals surface area (Å²) in [7, 11) is 1.92. The summed E-state index contributed by atoms with van der Waals surface area (Å²) in [6, 6.07) is 15.8. The zero-order chi connectivity index (χ0) is 21.7. The normalized spacial score (nSPS) is 13.2. The van der Waals surface area contributed by atoms with Crippen molar-refractivity contribution in [1.82, 2.24) is 9.88 Å². The number of aromatic nitrogens is 1. The average molecular weight is 411 g/mol. The first-order valence-corrected chi connectivity index (χ1v) is 10.3. The lowest BCUT2D eigenvalue weighted by molar-refractivity contribution is 0.0527. The van der Waals surface area contributed by atoms with Crippen LogP contribution < -0.4 is 10.1 Å². The topological polar surface area (TPSA) is 72.7 Å². The number of nitrogens with zero attached hydrogens (tertiary/aromatic N) is 1. The van der Waals surface area contributed by atoms with Crippen LogP contribution in [0.1, 0.15) is 41.5 Å². The van der Waals surface area contributed by atoms with Gasteiger partial charge in [0.05, 0.1) is 12.2 Å². The number of fused-ring (bicyclic) bond motifs is 1. The van der Waals surface area contributed by atoms with Crippen molar-refractivity contribution in [3.8, 4) is 5.75 Å². The van der Waals surface area contributed by atoms with Gasteiger partial charge in [0.15, 0.2) is 0 Å². The van der Waals surface area contributed by atoms with E-state index < -0.39 is 6.10 Å². The molecule has 0 aliphatic rings. The highest BCUT2D eigenvalue weighted by molar-refractivity contribution is 6.06. The van der Waals surface area contributed by atoms with Crippen LogP contribution >= 0.6 is 0 Å². The Labute approximate surface area is 177 Å². The van der Waals surface area contributed by atoms with Gasteiger partial charge in [-0.25, -0.2) is 4.79 Å². The van der Waals surface area contributed by atoms with Gasteiger partial charge in [-0.3, -0.25) is 0 Å². The molecule has 30 heavy (non-hydrogen) atoms. The molecule has 0 aliphatic carbocycles. The Morgan fingerprint density at radius 2 is 1.93 bits per heavy atom. The smallest absolute Gasteiger partial charge is 0.340 e. The third kappa shape index (κ3) is 4.83. The summed E-state index contributed by atoms with van der Waals surface area (Å²) in [6.45, 7) is 6.64. The summed E-state index contributed by atoms with van der Waals surface area (Å²) in [4.78, 5) is 12.4. The highest BCUT2D eigenvalue weighted by Crippen LogP contribution is 2.29. The van der Waals surface area contributed by atoms with Crippen LogP contribution in [0.5, 0.6) is 5.75 Å². The molecule has 0 spiro atoms. The molecular formula is C24H30N2O4. The van der Waals surface area contributed by atoms with Crippen molar-refractivity contribution in [2.24, 2.45) is 7.05 Å². The van der Waals surface area contributed by atoms with Crippen LogP contribution in [-0.4, -0.2) is 41.5 Å². The Hall–Kier alpha value is -2.83. The van der Waals surface area contributed by atoms with Crippen molar-refractivity contribution in [1.29, 1.82) is 0 Å². The number of hydrogen-bond donors (Lipinski definition) is 2. The molecule has 6 heteroatoms. The van der Waals surface area contributed by atoms with Gasteiger partial charge in [0.1, 0.15) is 18.5 Å². The molecule has 3 rings (SSSR count). The van der Waals surface area contributed by atoms with E-state index in [0.29, 0.717) is 24.5 Å². The molecule has 6 nitrogen and oxygen atoms in total. The molecule has 160 valence electrons. The second kappa shape index (κ2) is 9.78. The maximum atomic E-state index is 12.4. The van der Waals surface area contributed by atoms with Crippen LogP contribution in [0.4, 0.5) is 0 Å². The van der Waals surface area contributed by atoms with Crippen LogP contribution in [-0.2, 0) is 11.8 Å². The first kappa shape index (κ1) is 21.9. The number of aliphatic hydroxyl groups is 1. The third-order valence-electron chi connectivity index (χ3n) is 5.34. The molecule has 0 unspecified atom stereocenters. The molecule has 0 amide bonds. The molecule has 2 aromatic carbocycles. The van der Waals surface area contributed by atoms with Gasteiger partial charge in [-0.15, -0.1) is 0 Å². The van der Waals surface area contributed by atoms with E-state index in [1.165, 1.54) is 5.56 Å². The van der Waals surface area contributed by atoms with Gasteiger partial charge in [0.2, 0.25) is 0 Å². The van der Waals surface area contributed by atoms with E-state index in [9.17, 15) is 9.90 Å². The summed E-state index contributed by atoms with van der Waals surface area (Å²) in [5.41, 5.74) is 3.50. The lowest BCUT2D eigenvalue weighted by Gasteiger charge is -2.18. The Bertz CT molecular complexity index is 997. The minimum Gasteiger partial charge on any atom is -0.491 e. The fourth-order valence-corrected chi connectivity index (χ4v) is 3.53. The summed E-state index contributed by atoms with van der Waals surface area (Å²) in [6.07, 6.45) is -0.658. The number of carbonyl (C=O) groups excluding carboxylic acids is 1. The standard InChI is InChI=1S/C24H30N2O4/c1-5-29-24(28)23-17(3)26(4)22-12-11-20(13-21(22)23)30-15-19(27)14-25-16(2)18-9-7-6-8-10-18/h6-13,16,19,25,27H,5,14-15H2,1-4H3/t16-,19+/m1/s1. The van der Waals surface area contributed by atoms with E-state index in [0.717, 1.165) is 16.6 Å². The lowest BCUT2D eigenvalue weighted by Crippen LogP contribution is -2.33. The van der Waals surface area contributed by atoms with Crippen molar-refractivity contribution in [3.05, 3.63) is 65.4 Å². The molecule has 0 saturated heterocycles. The van der Waals surface area contributed by atoms with Gasteiger partial charge < -0.3 is 24.5 Å². The van der Waals surface area contributed by atoms with Crippen molar-refractivity contribution in [2.45, 2.75) is 32.9 Å². The minimum absolute atomic E-state index is 0.136. The highest BCUT2D eigenvalue weighted by atomic mass is 16.5. The molecule has 0 radical (unpaired) electrons. The molecule has 1 heterocycles. The maximum Gasteiger partial charge on any atom is 0.340 e. The second-order valence-corrected chi connectivity index (χ2v) is 7.42. The molecule has 0 bridgehead atoms. The lowest BCUT2D eigenvalue weighted by atomic mass is 10.1. The predicted octanol–water partition coefficient (Wildman–Crippen LogP) is 3.75. The van der Waals surface area contributed by atoms with Crippen LogP contribution in [0.3, 0.4) is 0 Å². The number of esters is 1. The number of carbonyl (C=O) groups is 1. The number of aryl methyl sites for hydroxylation is 1. The van der Waals surface area contributed by atoms with Crippen LogP contribution in [0.2, 0.25) is 0 Å². The fraction of sp³-hybridized carbons (Fsp3) is 0.375. The second-order valence-electron chi connectivity index (χ2n) is 7.42. The number of aliphatic hydroxyl groups excluding tert-OH is 1. The summed E-state index contributed by atoms with van der Waals surface area (Å²) >= 11 is 0. The van der Waals surface area contributed by atoms with Crippen molar-refractivity contribution >= 4 is 16.9 Å². The molecule has 1 aromatic heterocycles. The number of benzene rings is 2. The van der Waals surface area contributed by atoms with Crippen LogP contribution in [0.25, 0.3) is 10.9 Å². The monoisotopic (exact) mass is 410 g/mol. The van der Waals surface area contributed by atoms with Gasteiger partial charge in [-0.1, -0.05) is 30.3 Å². The maximum absolute atomic E-state index is 12.4. The van der Waals surface area contributed by atoms with E-state index in [4.69, 9.17) is 9.47 Å². The first-order valence-electron chi connectivity index (χ1n) is 10.3. The Kier molecular flexibility index (Phi) is 7.13. The summed E-state index contributed by atoms with van der Waals surface area (Å²) in [5, 5.41) is 14.4. The van der Waals surface area contributed by atoms with E-state index in [1.807, 2.05) is 54.9 Å². The summed E-state index contributed by atoms with van der Waals surface area (Å²) in [5.74, 6) is 0.269. The van der Waals surface area contributed by atoms with E-state index in [1.54, 1.807) is 6.92 Å². The molecule has 0 saturated carbocycles. The molecule has 2 atom stereocenters. The first-order chi connectivity index (χ1) is 14.4. The Balaban J connectivity index is 1.64. The molecule has 3 aromatic rings. The SMILES string of the molecule is CCOC(=O)c1c(C)n(C)c2ccc(OC[C@@H](O)CN[C@H](C)c3ccccc3)cc12. The average Bonchev–Trinajstić information content (AvgIpc) is 3.01. The fourth-order valence-electron chi connectivity index (χ4n) is 3.53. The van der Waals surface area contributed by atoms with Crippen LogP contribution in [0.15, 0.2) is 48.5 Å². The summed E-state index contributed by atoms with van der Waals surface area (Å²) < 4.78 is 13.0.